The number of methoxy groups -OCH3 is 1. The van der Waals surface area contributed by atoms with Crippen molar-refractivity contribution >= 4 is 0 Å². The Balaban J connectivity index is 1.68. The van der Waals surface area contributed by atoms with Gasteiger partial charge in [-0.05, 0) is 18.1 Å². The summed E-state index contributed by atoms with van der Waals surface area (Å²) < 4.78 is 5.53. The van der Waals surface area contributed by atoms with E-state index in [1.54, 1.807) is 0 Å². The fraction of sp³-hybridized carbons (Fsp3) is 0.429. The molecular weight excluding hydrogens is 296 g/mol. The maximum Gasteiger partial charge on any atom is 0.0630 e. The van der Waals surface area contributed by atoms with Crippen LogP contribution < -0.4 is 0 Å². The predicted octanol–water partition coefficient (Wildman–Crippen LogP) is 3.41. The van der Waals surface area contributed by atoms with Crippen molar-refractivity contribution in [3.8, 4) is 0 Å². The van der Waals surface area contributed by atoms with Gasteiger partial charge in [-0.2, -0.15) is 0 Å². The van der Waals surface area contributed by atoms with E-state index in [0.717, 1.165) is 32.8 Å². The van der Waals surface area contributed by atoms with E-state index in [-0.39, 0.29) is 0 Å². The van der Waals surface area contributed by atoms with Gasteiger partial charge in [0.15, 0.2) is 0 Å². The van der Waals surface area contributed by atoms with Gasteiger partial charge in [-0.25, -0.2) is 0 Å². The first-order valence-corrected chi connectivity index (χ1v) is 8.81. The summed E-state index contributed by atoms with van der Waals surface area (Å²) in [5, 5.41) is 0. The lowest BCUT2D eigenvalue weighted by molar-refractivity contribution is -0.0142. The molecule has 1 aliphatic heterocycles. The summed E-state index contributed by atoms with van der Waals surface area (Å²) in [5.41, 5.74) is 2.76. The minimum Gasteiger partial charge on any atom is -0.383 e. The van der Waals surface area contributed by atoms with E-state index >= 15 is 0 Å². The van der Waals surface area contributed by atoms with Crippen molar-refractivity contribution < 1.29 is 4.74 Å². The van der Waals surface area contributed by atoms with Gasteiger partial charge in [-0.1, -0.05) is 60.7 Å². The second-order valence-electron chi connectivity index (χ2n) is 6.80. The van der Waals surface area contributed by atoms with Crippen LogP contribution in [-0.4, -0.2) is 48.7 Å². The number of hydrogen-bond acceptors (Lipinski definition) is 3. The molecule has 3 rings (SSSR count). The van der Waals surface area contributed by atoms with E-state index in [4.69, 9.17) is 4.74 Å². The maximum absolute atomic E-state index is 5.53. The first-order chi connectivity index (χ1) is 11.8. The molecule has 1 aliphatic rings. The number of nitrogens with zero attached hydrogens (tertiary/aromatic N) is 2. The van der Waals surface area contributed by atoms with Crippen LogP contribution in [0.1, 0.15) is 18.1 Å². The van der Waals surface area contributed by atoms with E-state index in [2.05, 4.69) is 77.4 Å². The summed E-state index contributed by atoms with van der Waals surface area (Å²) in [4.78, 5) is 5.16. The highest BCUT2D eigenvalue weighted by Crippen LogP contribution is 2.21. The largest absolute Gasteiger partial charge is 0.383 e. The average Bonchev–Trinajstić information content (AvgIpc) is 2.60. The molecule has 0 spiro atoms. The third kappa shape index (κ3) is 4.44. The molecular formula is C21H28N2O. The second kappa shape index (κ2) is 8.43. The molecule has 3 heteroatoms. The number of rotatable bonds is 6. The van der Waals surface area contributed by atoms with Gasteiger partial charge in [0.05, 0.1) is 6.61 Å². The van der Waals surface area contributed by atoms with Crippen LogP contribution in [0.2, 0.25) is 0 Å². The van der Waals surface area contributed by atoms with Crippen LogP contribution in [0.3, 0.4) is 0 Å². The second-order valence-corrected chi connectivity index (χ2v) is 6.80. The molecule has 2 aromatic rings. The van der Waals surface area contributed by atoms with Gasteiger partial charge in [-0.15, -0.1) is 0 Å². The summed E-state index contributed by atoms with van der Waals surface area (Å²) >= 11 is 0. The Labute approximate surface area is 145 Å². The molecule has 1 heterocycles. The van der Waals surface area contributed by atoms with E-state index < -0.39 is 0 Å². The SMILES string of the molecule is COCC1CN(Cc2ccccc2)CC(C)N1Cc1ccccc1. The van der Waals surface area contributed by atoms with Gasteiger partial charge in [0, 0.05) is 45.4 Å². The Morgan fingerprint density at radius 2 is 1.46 bits per heavy atom. The van der Waals surface area contributed by atoms with Crippen LogP contribution in [-0.2, 0) is 17.8 Å². The number of hydrogen-bond donors (Lipinski definition) is 0. The molecule has 1 fully saturated rings. The average molecular weight is 324 g/mol. The molecule has 128 valence electrons. The summed E-state index contributed by atoms with van der Waals surface area (Å²) in [7, 11) is 1.81. The molecule has 0 bridgehead atoms. The summed E-state index contributed by atoms with van der Waals surface area (Å²) in [5.74, 6) is 0. The minimum absolute atomic E-state index is 0.433. The van der Waals surface area contributed by atoms with Crippen LogP contribution in [0.5, 0.6) is 0 Å². The molecule has 0 N–H and O–H groups in total. The van der Waals surface area contributed by atoms with Gasteiger partial charge in [-0.3, -0.25) is 9.80 Å². The Morgan fingerprint density at radius 3 is 2.04 bits per heavy atom. The number of benzene rings is 2. The molecule has 1 saturated heterocycles. The smallest absolute Gasteiger partial charge is 0.0630 e. The van der Waals surface area contributed by atoms with Crippen molar-refractivity contribution in [2.24, 2.45) is 0 Å². The quantitative estimate of drug-likeness (QED) is 0.810. The standard InChI is InChI=1S/C21H28N2O/c1-18-13-22(14-19-9-5-3-6-10-19)16-21(17-24-2)23(18)15-20-11-7-4-8-12-20/h3-12,18,21H,13-17H2,1-2H3. The Hall–Kier alpha value is -1.68. The Morgan fingerprint density at radius 1 is 0.875 bits per heavy atom. The van der Waals surface area contributed by atoms with Gasteiger partial charge in [0.2, 0.25) is 0 Å². The lowest BCUT2D eigenvalue weighted by Gasteiger charge is -2.45. The normalized spacial score (nSPS) is 22.6. The highest BCUT2D eigenvalue weighted by molar-refractivity contribution is 5.16. The first kappa shape index (κ1) is 17.2. The van der Waals surface area contributed by atoms with Crippen LogP contribution in [0, 0.1) is 0 Å². The van der Waals surface area contributed by atoms with Gasteiger partial charge in [0.25, 0.3) is 0 Å². The van der Waals surface area contributed by atoms with E-state index in [9.17, 15) is 0 Å². The summed E-state index contributed by atoms with van der Waals surface area (Å²) in [6, 6.07) is 22.5. The fourth-order valence-corrected chi connectivity index (χ4v) is 3.71. The predicted molar refractivity (Wildman–Crippen MR) is 98.8 cm³/mol. The molecule has 0 aliphatic carbocycles. The monoisotopic (exact) mass is 324 g/mol. The van der Waals surface area contributed by atoms with Crippen molar-refractivity contribution in [2.45, 2.75) is 32.1 Å². The lowest BCUT2D eigenvalue weighted by atomic mass is 10.0. The molecule has 2 unspecified atom stereocenters. The molecule has 3 nitrogen and oxygen atoms in total. The molecule has 2 aromatic carbocycles. The van der Waals surface area contributed by atoms with Crippen LogP contribution in [0.15, 0.2) is 60.7 Å². The van der Waals surface area contributed by atoms with Gasteiger partial charge < -0.3 is 4.74 Å². The summed E-state index contributed by atoms with van der Waals surface area (Å²) in [6.45, 7) is 7.28. The van der Waals surface area contributed by atoms with Crippen molar-refractivity contribution in [1.29, 1.82) is 0 Å². The van der Waals surface area contributed by atoms with Crippen LogP contribution in [0.4, 0.5) is 0 Å². The zero-order chi connectivity index (χ0) is 16.8. The van der Waals surface area contributed by atoms with Crippen LogP contribution >= 0.6 is 0 Å². The van der Waals surface area contributed by atoms with E-state index in [0.29, 0.717) is 12.1 Å². The zero-order valence-corrected chi connectivity index (χ0v) is 14.8. The third-order valence-electron chi connectivity index (χ3n) is 4.84. The summed E-state index contributed by atoms with van der Waals surface area (Å²) in [6.07, 6.45) is 0. The van der Waals surface area contributed by atoms with E-state index in [1.165, 1.54) is 11.1 Å². The fourth-order valence-electron chi connectivity index (χ4n) is 3.71. The van der Waals surface area contributed by atoms with E-state index in [1.807, 2.05) is 7.11 Å². The maximum atomic E-state index is 5.53. The Kier molecular flexibility index (Phi) is 6.02. The number of piperazine rings is 1. The Bertz CT molecular complexity index is 602. The van der Waals surface area contributed by atoms with Gasteiger partial charge in [0.1, 0.15) is 0 Å². The molecule has 24 heavy (non-hydrogen) atoms. The molecule has 0 aromatic heterocycles. The molecule has 0 radical (unpaired) electrons. The molecule has 0 amide bonds. The minimum atomic E-state index is 0.433. The topological polar surface area (TPSA) is 15.7 Å². The lowest BCUT2D eigenvalue weighted by Crippen LogP contribution is -2.58. The van der Waals surface area contributed by atoms with Crippen LogP contribution in [0.25, 0.3) is 0 Å². The van der Waals surface area contributed by atoms with Crippen molar-refractivity contribution in [2.75, 3.05) is 26.8 Å². The van der Waals surface area contributed by atoms with Gasteiger partial charge >= 0.3 is 0 Å². The number of ether oxygens (including phenoxy) is 1. The van der Waals surface area contributed by atoms with Crippen molar-refractivity contribution in [1.82, 2.24) is 9.80 Å². The van der Waals surface area contributed by atoms with Crippen molar-refractivity contribution in [3.05, 3.63) is 71.8 Å². The first-order valence-electron chi connectivity index (χ1n) is 8.81. The van der Waals surface area contributed by atoms with Crippen molar-refractivity contribution in [3.63, 3.8) is 0 Å². The zero-order valence-electron chi connectivity index (χ0n) is 14.8. The highest BCUT2D eigenvalue weighted by atomic mass is 16.5. The third-order valence-corrected chi connectivity index (χ3v) is 4.84. The molecule has 0 saturated carbocycles. The highest BCUT2D eigenvalue weighted by Gasteiger charge is 2.31. The molecule has 2 atom stereocenters.